The first-order chi connectivity index (χ1) is 16.8. The van der Waals surface area contributed by atoms with E-state index in [0.717, 1.165) is 31.4 Å². The maximum absolute atomic E-state index is 13.4. The Morgan fingerprint density at radius 2 is 1.91 bits per heavy atom. The van der Waals surface area contributed by atoms with Crippen LogP contribution in [0.15, 0.2) is 6.20 Å². The van der Waals surface area contributed by atoms with Crippen LogP contribution in [0, 0.1) is 17.8 Å². The highest BCUT2D eigenvalue weighted by atomic mass is 19.4. The third-order valence-corrected chi connectivity index (χ3v) is 7.56. The van der Waals surface area contributed by atoms with Crippen molar-refractivity contribution in [2.45, 2.75) is 57.2 Å². The minimum absolute atomic E-state index is 0.0657. The number of imidazole rings is 1. The highest BCUT2D eigenvalue weighted by Gasteiger charge is 2.45. The van der Waals surface area contributed by atoms with E-state index in [1.54, 1.807) is 10.7 Å². The highest BCUT2D eigenvalue weighted by molar-refractivity contribution is 5.80. The first kappa shape index (κ1) is 24.2. The molecule has 3 aliphatic rings. The van der Waals surface area contributed by atoms with Gasteiger partial charge in [0.05, 0.1) is 37.1 Å². The number of piperidine rings is 1. The number of alkyl halides is 3. The van der Waals surface area contributed by atoms with Crippen LogP contribution in [-0.2, 0) is 16.0 Å². The van der Waals surface area contributed by atoms with E-state index < -0.39 is 18.0 Å². The monoisotopic (exact) mass is 495 g/mol. The average molecular weight is 496 g/mol. The molecule has 5 rings (SSSR count). The Labute approximate surface area is 201 Å². The van der Waals surface area contributed by atoms with Gasteiger partial charge in [0.25, 0.3) is 5.78 Å². The lowest BCUT2D eigenvalue weighted by atomic mass is 9.83. The summed E-state index contributed by atoms with van der Waals surface area (Å²) >= 11 is 0. The smallest absolute Gasteiger partial charge is 0.378 e. The number of carbonyl (C=O) groups is 1. The fourth-order valence-corrected chi connectivity index (χ4v) is 5.48. The SMILES string of the molecule is N[C@H](c1cn2nc(C[C@H]3C[C@@H](C(F)(F)F)CNC3=O)c(N3CCOCC3)nc2n1)C1CCCCC1. The number of nitrogens with zero attached hydrogens (tertiary/aromatic N) is 5. The van der Waals surface area contributed by atoms with Crippen molar-refractivity contribution in [3.63, 3.8) is 0 Å². The number of amides is 1. The van der Waals surface area contributed by atoms with Gasteiger partial charge < -0.3 is 20.7 Å². The number of carbonyl (C=O) groups excluding carboxylic acids is 1. The predicted molar refractivity (Wildman–Crippen MR) is 122 cm³/mol. The molecule has 1 aliphatic carbocycles. The number of ether oxygens (including phenoxy) is 1. The zero-order valence-electron chi connectivity index (χ0n) is 19.6. The van der Waals surface area contributed by atoms with Crippen molar-refractivity contribution in [3.8, 4) is 0 Å². The normalized spacial score (nSPS) is 25.6. The number of fused-ring (bicyclic) bond motifs is 1. The van der Waals surface area contributed by atoms with Gasteiger partial charge in [0.15, 0.2) is 5.82 Å². The summed E-state index contributed by atoms with van der Waals surface area (Å²) in [6.45, 7) is 1.80. The van der Waals surface area contributed by atoms with E-state index in [9.17, 15) is 18.0 Å². The number of halogens is 3. The van der Waals surface area contributed by atoms with Crippen LogP contribution in [0.25, 0.3) is 5.78 Å². The molecule has 12 heteroatoms. The molecule has 35 heavy (non-hydrogen) atoms. The van der Waals surface area contributed by atoms with Gasteiger partial charge in [-0.2, -0.15) is 23.3 Å². The van der Waals surface area contributed by atoms with Gasteiger partial charge >= 0.3 is 6.18 Å². The standard InChI is InChI=1S/C23H32F3N7O2/c24-23(25,26)16-10-15(21(34)28-12-16)11-17-20(32-6-8-35-9-7-32)30-22-29-18(13-33(22)31-17)19(27)14-4-2-1-3-5-14/h13-16,19H,1-12,27H2,(H,28,34)/t15-,16-,19+/m1/s1. The van der Waals surface area contributed by atoms with Crippen LogP contribution in [0.4, 0.5) is 19.0 Å². The molecule has 3 atom stereocenters. The van der Waals surface area contributed by atoms with Gasteiger partial charge in [-0.15, -0.1) is 0 Å². The van der Waals surface area contributed by atoms with Crippen LogP contribution in [0.2, 0.25) is 0 Å². The molecule has 0 aromatic carbocycles. The quantitative estimate of drug-likeness (QED) is 0.655. The first-order valence-corrected chi connectivity index (χ1v) is 12.5. The van der Waals surface area contributed by atoms with Gasteiger partial charge in [0.2, 0.25) is 5.91 Å². The third-order valence-electron chi connectivity index (χ3n) is 7.56. The van der Waals surface area contributed by atoms with Crippen molar-refractivity contribution in [2.24, 2.45) is 23.5 Å². The van der Waals surface area contributed by atoms with Crippen molar-refractivity contribution in [1.82, 2.24) is 24.9 Å². The predicted octanol–water partition coefficient (Wildman–Crippen LogP) is 2.40. The van der Waals surface area contributed by atoms with Crippen LogP contribution in [-0.4, -0.2) is 64.5 Å². The molecule has 3 N–H and O–H groups in total. The van der Waals surface area contributed by atoms with Crippen LogP contribution >= 0.6 is 0 Å². The second-order valence-corrected chi connectivity index (χ2v) is 9.94. The molecule has 2 aromatic rings. The zero-order valence-corrected chi connectivity index (χ0v) is 19.6. The number of hydrogen-bond acceptors (Lipinski definition) is 7. The Morgan fingerprint density at radius 3 is 2.63 bits per heavy atom. The van der Waals surface area contributed by atoms with Gasteiger partial charge in [-0.25, -0.2) is 9.50 Å². The lowest BCUT2D eigenvalue weighted by Crippen LogP contribution is -2.47. The Hall–Kier alpha value is -2.47. The van der Waals surface area contributed by atoms with Crippen molar-refractivity contribution in [3.05, 3.63) is 17.6 Å². The van der Waals surface area contributed by atoms with Crippen LogP contribution in [0.1, 0.15) is 56.0 Å². The van der Waals surface area contributed by atoms with E-state index in [0.29, 0.717) is 49.5 Å². The van der Waals surface area contributed by atoms with Crippen molar-refractivity contribution in [1.29, 1.82) is 0 Å². The van der Waals surface area contributed by atoms with Crippen molar-refractivity contribution >= 4 is 17.5 Å². The van der Waals surface area contributed by atoms with Gasteiger partial charge in [0.1, 0.15) is 5.69 Å². The molecule has 0 spiro atoms. The van der Waals surface area contributed by atoms with Crippen LogP contribution in [0.3, 0.4) is 0 Å². The van der Waals surface area contributed by atoms with E-state index in [2.05, 4.69) is 10.3 Å². The molecule has 9 nitrogen and oxygen atoms in total. The molecule has 4 heterocycles. The molecular formula is C23H32F3N7O2. The maximum atomic E-state index is 13.4. The number of aromatic nitrogens is 4. The molecule has 0 unspecified atom stereocenters. The summed E-state index contributed by atoms with van der Waals surface area (Å²) in [5, 5.41) is 7.13. The van der Waals surface area contributed by atoms with Crippen LogP contribution < -0.4 is 16.0 Å². The second kappa shape index (κ2) is 9.88. The molecule has 192 valence electrons. The fraction of sp³-hybridized carbons (Fsp3) is 0.739. The number of anilines is 1. The zero-order chi connectivity index (χ0) is 24.6. The summed E-state index contributed by atoms with van der Waals surface area (Å²) < 4.78 is 47.1. The molecule has 2 aliphatic heterocycles. The molecule has 3 fully saturated rings. The van der Waals surface area contributed by atoms with E-state index >= 15 is 0 Å². The Bertz CT molecular complexity index is 1050. The first-order valence-electron chi connectivity index (χ1n) is 12.5. The molecule has 2 saturated heterocycles. The Balaban J connectivity index is 1.46. The lowest BCUT2D eigenvalue weighted by molar-refractivity contribution is -0.183. The van der Waals surface area contributed by atoms with Gasteiger partial charge in [0, 0.05) is 32.0 Å². The minimum Gasteiger partial charge on any atom is -0.378 e. The molecule has 0 radical (unpaired) electrons. The van der Waals surface area contributed by atoms with Crippen LogP contribution in [0.5, 0.6) is 0 Å². The summed E-state index contributed by atoms with van der Waals surface area (Å²) in [7, 11) is 0. The number of nitrogens with two attached hydrogens (primary N) is 1. The lowest BCUT2D eigenvalue weighted by Gasteiger charge is -2.32. The van der Waals surface area contributed by atoms with E-state index in [4.69, 9.17) is 20.6 Å². The summed E-state index contributed by atoms with van der Waals surface area (Å²) in [5.74, 6) is -1.48. The van der Waals surface area contributed by atoms with E-state index in [1.165, 1.54) is 6.42 Å². The fourth-order valence-electron chi connectivity index (χ4n) is 5.48. The molecule has 2 aromatic heterocycles. The van der Waals surface area contributed by atoms with Crippen molar-refractivity contribution < 1.29 is 22.7 Å². The Kier molecular flexibility index (Phi) is 6.84. The van der Waals surface area contributed by atoms with Gasteiger partial charge in [-0.3, -0.25) is 4.79 Å². The summed E-state index contributed by atoms with van der Waals surface area (Å²) in [6.07, 6.45) is 2.90. The molecule has 0 bridgehead atoms. The highest BCUT2D eigenvalue weighted by Crippen LogP contribution is 2.36. The molecule has 1 saturated carbocycles. The topological polar surface area (TPSA) is 111 Å². The summed E-state index contributed by atoms with van der Waals surface area (Å²) in [5.41, 5.74) is 7.76. The molecular weight excluding hydrogens is 463 g/mol. The average Bonchev–Trinajstić information content (AvgIpc) is 3.28. The minimum atomic E-state index is -4.36. The van der Waals surface area contributed by atoms with E-state index in [1.807, 2.05) is 4.90 Å². The van der Waals surface area contributed by atoms with Crippen molar-refractivity contribution in [2.75, 3.05) is 37.7 Å². The van der Waals surface area contributed by atoms with E-state index in [-0.39, 0.29) is 31.3 Å². The van der Waals surface area contributed by atoms with Gasteiger partial charge in [-0.05, 0) is 25.2 Å². The third kappa shape index (κ3) is 5.23. The maximum Gasteiger partial charge on any atom is 0.393 e. The molecule has 1 amide bonds. The Morgan fingerprint density at radius 1 is 1.17 bits per heavy atom. The number of morpholine rings is 1. The van der Waals surface area contributed by atoms with Gasteiger partial charge in [-0.1, -0.05) is 19.3 Å². The largest absolute Gasteiger partial charge is 0.393 e. The second-order valence-electron chi connectivity index (χ2n) is 9.94. The number of nitrogens with one attached hydrogen (secondary N) is 1. The summed E-state index contributed by atoms with van der Waals surface area (Å²) in [6, 6.07) is -0.217. The number of hydrogen-bond donors (Lipinski definition) is 2. The summed E-state index contributed by atoms with van der Waals surface area (Å²) in [4.78, 5) is 23.9. The number of rotatable bonds is 5.